The second kappa shape index (κ2) is 3.19. The number of furan rings is 1. The second-order valence-electron chi connectivity index (χ2n) is 2.56. The molecule has 1 rings (SSSR count). The Morgan fingerprint density at radius 1 is 1.73 bits per heavy atom. The fourth-order valence-corrected chi connectivity index (χ4v) is 1.83. The van der Waals surface area contributed by atoms with E-state index in [0.717, 1.165) is 5.56 Å². The van der Waals surface area contributed by atoms with Crippen molar-refractivity contribution >= 4 is 10.1 Å². The van der Waals surface area contributed by atoms with Crippen LogP contribution in [0.2, 0.25) is 0 Å². The zero-order valence-electron chi connectivity index (χ0n) is 6.49. The molecule has 64 valence electrons. The van der Waals surface area contributed by atoms with Gasteiger partial charge in [-0.05, 0) is 6.07 Å². The Morgan fingerprint density at radius 3 is 2.91 bits per heavy atom. The van der Waals surface area contributed by atoms with Crippen LogP contribution in [0.4, 0.5) is 0 Å². The minimum Gasteiger partial charge on any atom is -0.472 e. The fourth-order valence-electron chi connectivity index (χ4n) is 0.803. The minimum atomic E-state index is -2.42. The Kier molecular flexibility index (Phi) is 2.46. The van der Waals surface area contributed by atoms with Gasteiger partial charge >= 0.3 is 0 Å². The molecule has 0 spiro atoms. The minimum absolute atomic E-state index is 0.444. The van der Waals surface area contributed by atoms with Gasteiger partial charge in [-0.1, -0.05) is 17.0 Å². The Hall–Kier alpha value is -0.610. The van der Waals surface area contributed by atoms with Gasteiger partial charge in [0.1, 0.15) is 0 Å². The van der Waals surface area contributed by atoms with E-state index in [9.17, 15) is 4.21 Å². The van der Waals surface area contributed by atoms with E-state index in [-0.39, 0.29) is 0 Å². The van der Waals surface area contributed by atoms with Crippen molar-refractivity contribution in [1.82, 2.24) is 0 Å². The molecule has 0 radical (unpaired) electrons. The monoisotopic (exact) mass is 175 g/mol. The molecule has 11 heavy (non-hydrogen) atoms. The summed E-state index contributed by atoms with van der Waals surface area (Å²) in [5.41, 5.74) is 0.915. The maximum Gasteiger partial charge on any atom is 0.0943 e. The third kappa shape index (κ3) is 2.48. The molecule has 3 nitrogen and oxygen atoms in total. The highest BCUT2D eigenvalue weighted by Gasteiger charge is 2.07. The zero-order valence-corrected chi connectivity index (χ0v) is 7.38. The Labute approximate surface area is 67.1 Å². The average molecular weight is 175 g/mol. The Balaban J connectivity index is 2.63. The number of nitrogens with two attached hydrogens (primary N) is 1. The van der Waals surface area contributed by atoms with E-state index >= 15 is 0 Å². The summed E-state index contributed by atoms with van der Waals surface area (Å²) < 4.78 is 16.2. The molecule has 2 N–H and O–H groups in total. The van der Waals surface area contributed by atoms with Crippen LogP contribution in [0.25, 0.3) is 0 Å². The Morgan fingerprint density at radius 2 is 2.45 bits per heavy atom. The first kappa shape index (κ1) is 8.49. The van der Waals surface area contributed by atoms with Gasteiger partial charge in [0.05, 0.1) is 12.5 Å². The number of hydrogen-bond donors (Lipinski definition) is 2. The van der Waals surface area contributed by atoms with Gasteiger partial charge in [0.25, 0.3) is 0 Å². The van der Waals surface area contributed by atoms with Crippen LogP contribution in [0, 0.1) is 0 Å². The van der Waals surface area contributed by atoms with Gasteiger partial charge in [-0.15, -0.1) is 0 Å². The van der Waals surface area contributed by atoms with Crippen molar-refractivity contribution in [3.63, 3.8) is 0 Å². The van der Waals surface area contributed by atoms with Crippen LogP contribution in [0.1, 0.15) is 12.5 Å². The summed E-state index contributed by atoms with van der Waals surface area (Å²) in [5.74, 6) is 0.984. The van der Waals surface area contributed by atoms with E-state index in [1.807, 2.05) is 6.92 Å². The van der Waals surface area contributed by atoms with Gasteiger partial charge in [-0.25, -0.2) is 0 Å². The highest BCUT2D eigenvalue weighted by molar-refractivity contribution is 8.00. The summed E-state index contributed by atoms with van der Waals surface area (Å²) >= 11 is 0. The standard InChI is InChI=1S/C7H13NO2S/c1-2-11(8,9)6-7-3-4-10-5-7/h3-5,11H,2,6H2,1H3,(H2,8,9). The van der Waals surface area contributed by atoms with E-state index in [2.05, 4.69) is 0 Å². The smallest absolute Gasteiger partial charge is 0.0943 e. The topological polar surface area (TPSA) is 56.2 Å². The highest BCUT2D eigenvalue weighted by Crippen LogP contribution is 2.08. The van der Waals surface area contributed by atoms with Crippen molar-refractivity contribution in [2.75, 3.05) is 5.75 Å². The van der Waals surface area contributed by atoms with Crippen LogP contribution in [-0.4, -0.2) is 9.96 Å². The van der Waals surface area contributed by atoms with E-state index in [4.69, 9.17) is 9.56 Å². The fraction of sp³-hybridized carbons (Fsp3) is 0.429. The molecule has 0 bridgehead atoms. The van der Waals surface area contributed by atoms with Crippen molar-refractivity contribution in [2.45, 2.75) is 12.7 Å². The van der Waals surface area contributed by atoms with Crippen molar-refractivity contribution in [2.24, 2.45) is 5.14 Å². The first-order valence-corrected chi connectivity index (χ1v) is 5.66. The van der Waals surface area contributed by atoms with Crippen LogP contribution in [0.5, 0.6) is 0 Å². The zero-order chi connectivity index (χ0) is 8.32. The van der Waals surface area contributed by atoms with E-state index in [0.29, 0.717) is 11.5 Å². The first-order valence-electron chi connectivity index (χ1n) is 3.52. The molecule has 0 saturated carbocycles. The molecule has 1 aromatic rings. The predicted molar refractivity (Wildman–Crippen MR) is 46.7 cm³/mol. The molecule has 0 fully saturated rings. The third-order valence-corrected chi connectivity index (χ3v) is 3.54. The van der Waals surface area contributed by atoms with Crippen LogP contribution < -0.4 is 5.14 Å². The number of thiol groups is 1. The molecule has 0 amide bonds. The molecule has 0 aromatic carbocycles. The van der Waals surface area contributed by atoms with Crippen LogP contribution >= 0.6 is 0 Å². The van der Waals surface area contributed by atoms with E-state index in [1.54, 1.807) is 18.6 Å². The second-order valence-corrected chi connectivity index (χ2v) is 5.41. The molecule has 0 aliphatic rings. The average Bonchev–Trinajstić information content (AvgIpc) is 2.39. The van der Waals surface area contributed by atoms with Crippen molar-refractivity contribution in [1.29, 1.82) is 0 Å². The van der Waals surface area contributed by atoms with Gasteiger partial charge in [-0.3, -0.25) is 9.35 Å². The lowest BCUT2D eigenvalue weighted by molar-refractivity contribution is 0.565. The van der Waals surface area contributed by atoms with E-state index < -0.39 is 10.1 Å². The molecular weight excluding hydrogens is 162 g/mol. The molecular formula is C7H13NO2S. The van der Waals surface area contributed by atoms with Crippen molar-refractivity contribution < 1.29 is 8.63 Å². The molecule has 1 heterocycles. The summed E-state index contributed by atoms with van der Waals surface area (Å²) in [7, 11) is -2.42. The largest absolute Gasteiger partial charge is 0.472 e. The van der Waals surface area contributed by atoms with Gasteiger partial charge in [-0.2, -0.15) is 0 Å². The van der Waals surface area contributed by atoms with Gasteiger partial charge in [0.15, 0.2) is 0 Å². The first-order chi connectivity index (χ1) is 5.14. The lowest BCUT2D eigenvalue weighted by Crippen LogP contribution is -2.27. The molecule has 0 aliphatic heterocycles. The maximum absolute atomic E-state index is 11.4. The molecule has 1 aromatic heterocycles. The number of rotatable bonds is 3. The maximum atomic E-state index is 11.4. The highest BCUT2D eigenvalue weighted by atomic mass is 32.3. The molecule has 0 unspecified atom stereocenters. The summed E-state index contributed by atoms with van der Waals surface area (Å²) in [6, 6.07) is 1.79. The van der Waals surface area contributed by atoms with E-state index in [1.165, 1.54) is 0 Å². The summed E-state index contributed by atoms with van der Waals surface area (Å²) in [6.07, 6.45) is 3.14. The van der Waals surface area contributed by atoms with Crippen molar-refractivity contribution in [3.8, 4) is 0 Å². The molecule has 0 saturated heterocycles. The summed E-state index contributed by atoms with van der Waals surface area (Å²) in [5, 5.41) is 5.52. The summed E-state index contributed by atoms with van der Waals surface area (Å²) in [6.45, 7) is 1.83. The van der Waals surface area contributed by atoms with Gasteiger partial charge < -0.3 is 4.42 Å². The lowest BCUT2D eigenvalue weighted by atomic mass is 10.4. The quantitative estimate of drug-likeness (QED) is 0.664. The van der Waals surface area contributed by atoms with Crippen LogP contribution in [0.3, 0.4) is 0 Å². The normalized spacial score (nSPS) is 13.3. The Bertz CT molecular complexity index is 255. The predicted octanol–water partition coefficient (Wildman–Crippen LogP) is 0.690. The third-order valence-electron chi connectivity index (χ3n) is 1.57. The lowest BCUT2D eigenvalue weighted by Gasteiger charge is -2.13. The van der Waals surface area contributed by atoms with Crippen LogP contribution in [-0.2, 0) is 15.9 Å². The van der Waals surface area contributed by atoms with Crippen molar-refractivity contribution in [3.05, 3.63) is 24.2 Å². The molecule has 0 atom stereocenters. The summed E-state index contributed by atoms with van der Waals surface area (Å²) in [4.78, 5) is 0. The SMILES string of the molecule is CC[SH](N)(=O)Cc1ccoc1. The van der Waals surface area contributed by atoms with Crippen LogP contribution in [0.15, 0.2) is 23.0 Å². The van der Waals surface area contributed by atoms with Gasteiger partial charge in [0, 0.05) is 17.1 Å². The number of hydrogen-bond acceptors (Lipinski definition) is 2. The molecule has 4 heteroatoms. The molecule has 0 aliphatic carbocycles. The van der Waals surface area contributed by atoms with Gasteiger partial charge in [0.2, 0.25) is 0 Å².